The molecule has 3 aromatic rings. The van der Waals surface area contributed by atoms with Crippen molar-refractivity contribution in [3.63, 3.8) is 0 Å². The zero-order valence-corrected chi connectivity index (χ0v) is 16.0. The Morgan fingerprint density at radius 1 is 1.28 bits per heavy atom. The fourth-order valence-corrected chi connectivity index (χ4v) is 3.83. The van der Waals surface area contributed by atoms with E-state index in [4.69, 9.17) is 8.53 Å². The minimum atomic E-state index is -1.30. The molecule has 1 aromatic heterocycles. The van der Waals surface area contributed by atoms with Crippen molar-refractivity contribution in [1.82, 2.24) is 0 Å². The van der Waals surface area contributed by atoms with Gasteiger partial charge in [-0.25, -0.2) is 0 Å². The number of carbonyl (C=O) groups excluding carboxylic acids is 1. The summed E-state index contributed by atoms with van der Waals surface area (Å²) in [6.45, 7) is 1.23. The largest absolute Gasteiger partial charge is 0.508 e. The summed E-state index contributed by atoms with van der Waals surface area (Å²) in [4.78, 5) is 12.2. The van der Waals surface area contributed by atoms with E-state index in [1.165, 1.54) is 6.92 Å². The number of benzene rings is 2. The Morgan fingerprint density at radius 3 is 2.52 bits per heavy atom. The lowest BCUT2D eigenvalue weighted by atomic mass is 10.00. The smallest absolute Gasteiger partial charge is 0.164 e. The molecule has 0 amide bonds. The third-order valence-electron chi connectivity index (χ3n) is 3.63. The molecule has 0 aliphatic carbocycles. The second-order valence-corrected chi connectivity index (χ2v) is 7.16. The molecular formula is C18H14Br2O5. The number of carbonyl (C=O) groups is 1. The lowest BCUT2D eigenvalue weighted by Crippen LogP contribution is -2.06. The van der Waals surface area contributed by atoms with Crippen LogP contribution in [-0.2, 0) is 6.42 Å². The molecule has 0 spiro atoms. The number of fused-ring (bicyclic) bond motifs is 1. The van der Waals surface area contributed by atoms with Gasteiger partial charge < -0.3 is 19.7 Å². The second kappa shape index (κ2) is 6.82. The van der Waals surface area contributed by atoms with Crippen molar-refractivity contribution in [1.29, 1.82) is 0 Å². The molecule has 0 aliphatic rings. The standard InChI is InChI=1S/C18H14Br2O5/c1-8(21)16-11-3-2-10(22)7-15(11)25-18(16)14(23)6-9-4-12(19)17(24)13(20)5-9/h2-5,7,14,22-24H,6H2,1H3/i2D,3D,7D. The summed E-state index contributed by atoms with van der Waals surface area (Å²) < 4.78 is 30.1. The van der Waals surface area contributed by atoms with E-state index in [2.05, 4.69) is 31.9 Å². The number of furan rings is 1. The van der Waals surface area contributed by atoms with E-state index in [9.17, 15) is 20.1 Å². The zero-order valence-electron chi connectivity index (χ0n) is 15.9. The number of halogens is 2. The first-order valence-electron chi connectivity index (χ1n) is 8.65. The minimum Gasteiger partial charge on any atom is -0.508 e. The Kier molecular flexibility index (Phi) is 3.91. The van der Waals surface area contributed by atoms with Crippen molar-refractivity contribution >= 4 is 48.6 Å². The average Bonchev–Trinajstić information content (AvgIpc) is 3.03. The van der Waals surface area contributed by atoms with Crippen LogP contribution in [0.25, 0.3) is 11.0 Å². The molecule has 130 valence electrons. The molecule has 5 nitrogen and oxygen atoms in total. The predicted octanol–water partition coefficient (Wildman–Crippen LogP) is 4.85. The van der Waals surface area contributed by atoms with Crippen LogP contribution in [0.3, 0.4) is 0 Å². The van der Waals surface area contributed by atoms with Crippen molar-refractivity contribution in [2.75, 3.05) is 0 Å². The number of aliphatic hydroxyl groups excluding tert-OH is 1. The van der Waals surface area contributed by atoms with Gasteiger partial charge in [0.1, 0.15) is 28.9 Å². The maximum absolute atomic E-state index is 12.2. The van der Waals surface area contributed by atoms with Gasteiger partial charge in [-0.05, 0) is 68.6 Å². The molecule has 0 aliphatic heterocycles. The number of ketones is 1. The van der Waals surface area contributed by atoms with E-state index in [-0.39, 0.29) is 34.5 Å². The highest BCUT2D eigenvalue weighted by atomic mass is 79.9. The number of phenols is 2. The number of Topliss-reactive ketones (excluding diaryl/α,β-unsaturated/α-hetero) is 1. The highest BCUT2D eigenvalue weighted by Gasteiger charge is 2.24. The third-order valence-corrected chi connectivity index (χ3v) is 4.84. The van der Waals surface area contributed by atoms with E-state index in [1.54, 1.807) is 12.1 Å². The Bertz CT molecular complexity index is 1100. The molecule has 0 radical (unpaired) electrons. The quantitative estimate of drug-likeness (QED) is 0.472. The van der Waals surface area contributed by atoms with Crippen LogP contribution in [0.4, 0.5) is 0 Å². The van der Waals surface area contributed by atoms with Crippen LogP contribution in [0.5, 0.6) is 11.5 Å². The fourth-order valence-electron chi connectivity index (χ4n) is 2.55. The van der Waals surface area contributed by atoms with Crippen LogP contribution in [0, 0.1) is 0 Å². The van der Waals surface area contributed by atoms with Gasteiger partial charge in [-0.1, -0.05) is 0 Å². The normalized spacial score (nSPS) is 14.2. The highest BCUT2D eigenvalue weighted by molar-refractivity contribution is 9.11. The zero-order chi connectivity index (χ0) is 20.9. The van der Waals surface area contributed by atoms with E-state index >= 15 is 0 Å². The van der Waals surface area contributed by atoms with Gasteiger partial charge in [0.2, 0.25) is 0 Å². The lowest BCUT2D eigenvalue weighted by Gasteiger charge is -2.11. The van der Waals surface area contributed by atoms with E-state index in [1.807, 2.05) is 0 Å². The van der Waals surface area contributed by atoms with Crippen LogP contribution in [0.1, 0.15) is 38.8 Å². The summed E-state index contributed by atoms with van der Waals surface area (Å²) in [5.74, 6) is -1.37. The first kappa shape index (κ1) is 14.4. The summed E-state index contributed by atoms with van der Waals surface area (Å²) in [7, 11) is 0. The molecule has 0 saturated carbocycles. The van der Waals surface area contributed by atoms with Crippen molar-refractivity contribution in [2.45, 2.75) is 19.4 Å². The Labute approximate surface area is 164 Å². The van der Waals surface area contributed by atoms with Crippen LogP contribution >= 0.6 is 31.9 Å². The summed E-state index contributed by atoms with van der Waals surface area (Å²) in [6, 6.07) is 1.63. The van der Waals surface area contributed by atoms with Crippen LogP contribution in [0.15, 0.2) is 43.6 Å². The van der Waals surface area contributed by atoms with Gasteiger partial charge >= 0.3 is 0 Å². The number of phenolic OH excluding ortho intramolecular Hbond substituents is 2. The van der Waals surface area contributed by atoms with Gasteiger partial charge in [-0.2, -0.15) is 0 Å². The first-order valence-corrected chi connectivity index (χ1v) is 8.74. The number of hydrogen-bond acceptors (Lipinski definition) is 5. The maximum Gasteiger partial charge on any atom is 0.164 e. The molecule has 25 heavy (non-hydrogen) atoms. The summed E-state index contributed by atoms with van der Waals surface area (Å²) in [5, 5.41) is 30.3. The lowest BCUT2D eigenvalue weighted by molar-refractivity contribution is 0.0999. The Hall–Kier alpha value is -1.83. The monoisotopic (exact) mass is 471 g/mol. The van der Waals surface area contributed by atoms with Gasteiger partial charge in [0.25, 0.3) is 0 Å². The summed E-state index contributed by atoms with van der Waals surface area (Å²) in [6.07, 6.45) is -1.29. The summed E-state index contributed by atoms with van der Waals surface area (Å²) in [5.41, 5.74) is 0.289. The number of hydrogen-bond donors (Lipinski definition) is 3. The summed E-state index contributed by atoms with van der Waals surface area (Å²) >= 11 is 6.41. The molecule has 0 bridgehead atoms. The van der Waals surface area contributed by atoms with Gasteiger partial charge in [0.05, 0.1) is 18.6 Å². The SMILES string of the molecule is [2H]c1c(O)c([2H])c2oc(C(O)Cc3cc(Br)c(O)c(Br)c3)c(C(C)=O)c2c1[2H]. The first-order chi connectivity index (χ1) is 13.0. The molecule has 3 N–H and O–H groups in total. The van der Waals surface area contributed by atoms with Gasteiger partial charge in [-0.15, -0.1) is 0 Å². The fraction of sp³-hybridized carbons (Fsp3) is 0.167. The van der Waals surface area contributed by atoms with Gasteiger partial charge in [-0.3, -0.25) is 4.79 Å². The van der Waals surface area contributed by atoms with E-state index in [0.717, 1.165) is 0 Å². The molecule has 7 heteroatoms. The number of aromatic hydroxyl groups is 2. The minimum absolute atomic E-state index is 0.00236. The van der Waals surface area contributed by atoms with Crippen molar-refractivity contribution in [3.8, 4) is 11.5 Å². The van der Waals surface area contributed by atoms with Crippen molar-refractivity contribution < 1.29 is 28.6 Å². The Morgan fingerprint density at radius 2 is 1.92 bits per heavy atom. The molecule has 2 aromatic carbocycles. The molecule has 1 atom stereocenters. The van der Waals surface area contributed by atoms with Crippen LogP contribution in [0.2, 0.25) is 0 Å². The molecule has 1 unspecified atom stereocenters. The van der Waals surface area contributed by atoms with Gasteiger partial charge in [0.15, 0.2) is 5.78 Å². The number of rotatable bonds is 4. The van der Waals surface area contributed by atoms with Crippen LogP contribution < -0.4 is 0 Å². The maximum atomic E-state index is 12.2. The Balaban J connectivity index is 2.17. The van der Waals surface area contributed by atoms with Crippen LogP contribution in [-0.4, -0.2) is 21.1 Å². The molecule has 3 rings (SSSR count). The van der Waals surface area contributed by atoms with E-state index in [0.29, 0.717) is 14.5 Å². The highest BCUT2D eigenvalue weighted by Crippen LogP contribution is 2.37. The third kappa shape index (κ3) is 3.44. The molecular weight excluding hydrogens is 456 g/mol. The van der Waals surface area contributed by atoms with Gasteiger partial charge in [0, 0.05) is 17.8 Å². The predicted molar refractivity (Wildman–Crippen MR) is 100 cm³/mol. The molecule has 1 heterocycles. The topological polar surface area (TPSA) is 90.9 Å². The van der Waals surface area contributed by atoms with Crippen molar-refractivity contribution in [3.05, 3.63) is 56.1 Å². The average molecular weight is 473 g/mol. The molecule has 0 fully saturated rings. The molecule has 0 saturated heterocycles. The van der Waals surface area contributed by atoms with E-state index < -0.39 is 35.8 Å². The van der Waals surface area contributed by atoms with Crippen molar-refractivity contribution in [2.24, 2.45) is 0 Å². The second-order valence-electron chi connectivity index (χ2n) is 5.45. The number of aliphatic hydroxyl groups is 1.